The largest absolute Gasteiger partial charge is 0.383 e. The van der Waals surface area contributed by atoms with E-state index in [0.717, 1.165) is 11.4 Å². The Morgan fingerprint density at radius 3 is 2.90 bits per heavy atom. The van der Waals surface area contributed by atoms with E-state index in [1.807, 2.05) is 30.3 Å². The van der Waals surface area contributed by atoms with Gasteiger partial charge in [0.2, 0.25) is 5.91 Å². The van der Waals surface area contributed by atoms with Gasteiger partial charge in [0, 0.05) is 20.2 Å². The average molecular weight is 289 g/mol. The van der Waals surface area contributed by atoms with Crippen LogP contribution in [0, 0.1) is 0 Å². The summed E-state index contributed by atoms with van der Waals surface area (Å²) in [5.74, 6) is -0.0671. The van der Waals surface area contributed by atoms with Crippen LogP contribution in [-0.4, -0.2) is 47.7 Å². The maximum atomic E-state index is 11.5. The standard InChI is InChI=1S/C14H19N5O2/c1-21-8-7-16-14(20)11-15-9-12-10-17-19(18-12)13-5-3-2-4-6-13/h2-6,10,15H,7-9,11H2,1H3,(H,16,20). The highest BCUT2D eigenvalue weighted by Gasteiger charge is 2.04. The molecule has 1 aromatic carbocycles. The van der Waals surface area contributed by atoms with Crippen LogP contribution in [0.25, 0.3) is 5.69 Å². The summed E-state index contributed by atoms with van der Waals surface area (Å²) in [5, 5.41) is 14.3. The lowest BCUT2D eigenvalue weighted by Crippen LogP contribution is -2.35. The molecular weight excluding hydrogens is 270 g/mol. The molecule has 0 radical (unpaired) electrons. The lowest BCUT2D eigenvalue weighted by atomic mass is 10.3. The normalized spacial score (nSPS) is 10.5. The molecule has 1 heterocycles. The smallest absolute Gasteiger partial charge is 0.234 e. The molecule has 0 spiro atoms. The molecule has 0 unspecified atom stereocenters. The molecule has 1 amide bonds. The quantitative estimate of drug-likeness (QED) is 0.675. The third-order valence-electron chi connectivity index (χ3n) is 2.75. The molecule has 112 valence electrons. The minimum absolute atomic E-state index is 0.0671. The molecule has 2 aromatic rings. The summed E-state index contributed by atoms with van der Waals surface area (Å²) in [6.45, 7) is 1.75. The van der Waals surface area contributed by atoms with Crippen LogP contribution in [0.5, 0.6) is 0 Å². The summed E-state index contributed by atoms with van der Waals surface area (Å²) in [6.07, 6.45) is 1.68. The van der Waals surface area contributed by atoms with Crippen molar-refractivity contribution in [3.63, 3.8) is 0 Å². The molecule has 0 atom stereocenters. The van der Waals surface area contributed by atoms with Crippen molar-refractivity contribution in [2.24, 2.45) is 0 Å². The Kier molecular flexibility index (Phi) is 5.86. The van der Waals surface area contributed by atoms with Gasteiger partial charge in [0.1, 0.15) is 0 Å². The predicted octanol–water partition coefficient (Wildman–Crippen LogP) is 0.120. The van der Waals surface area contributed by atoms with Gasteiger partial charge in [0.25, 0.3) is 0 Å². The van der Waals surface area contributed by atoms with Gasteiger partial charge in [0.05, 0.1) is 30.7 Å². The maximum absolute atomic E-state index is 11.5. The number of hydrogen-bond acceptors (Lipinski definition) is 5. The third-order valence-corrected chi connectivity index (χ3v) is 2.75. The van der Waals surface area contributed by atoms with Crippen LogP contribution in [0.4, 0.5) is 0 Å². The molecule has 7 nitrogen and oxygen atoms in total. The molecule has 21 heavy (non-hydrogen) atoms. The van der Waals surface area contributed by atoms with Crippen LogP contribution in [-0.2, 0) is 16.1 Å². The van der Waals surface area contributed by atoms with Gasteiger partial charge in [0.15, 0.2) is 0 Å². The Bertz CT molecular complexity index is 556. The lowest BCUT2D eigenvalue weighted by molar-refractivity contribution is -0.120. The fraction of sp³-hybridized carbons (Fsp3) is 0.357. The first kappa shape index (κ1) is 15.1. The average Bonchev–Trinajstić information content (AvgIpc) is 2.97. The molecule has 7 heteroatoms. The fourth-order valence-electron chi connectivity index (χ4n) is 1.72. The summed E-state index contributed by atoms with van der Waals surface area (Å²) in [5.41, 5.74) is 1.68. The number of rotatable bonds is 8. The first-order valence-electron chi connectivity index (χ1n) is 6.72. The monoisotopic (exact) mass is 289 g/mol. The van der Waals surface area contributed by atoms with Crippen LogP contribution in [0.3, 0.4) is 0 Å². The van der Waals surface area contributed by atoms with E-state index in [4.69, 9.17) is 4.74 Å². The molecule has 0 bridgehead atoms. The zero-order valence-corrected chi connectivity index (χ0v) is 12.0. The van der Waals surface area contributed by atoms with E-state index in [1.54, 1.807) is 18.1 Å². The Morgan fingerprint density at radius 2 is 2.14 bits per heavy atom. The number of methoxy groups -OCH3 is 1. The number of para-hydroxylation sites is 1. The Hall–Kier alpha value is -2.25. The fourth-order valence-corrected chi connectivity index (χ4v) is 1.72. The molecule has 0 saturated heterocycles. The van der Waals surface area contributed by atoms with Crippen molar-refractivity contribution in [3.8, 4) is 5.69 Å². The second kappa shape index (κ2) is 8.13. The van der Waals surface area contributed by atoms with Crippen LogP contribution in [0.1, 0.15) is 5.69 Å². The summed E-state index contributed by atoms with van der Waals surface area (Å²) >= 11 is 0. The predicted molar refractivity (Wildman–Crippen MR) is 78.0 cm³/mol. The number of ether oxygens (including phenoxy) is 1. The molecule has 0 aliphatic carbocycles. The molecule has 2 rings (SSSR count). The zero-order chi connectivity index (χ0) is 14.9. The Labute approximate surface area is 123 Å². The van der Waals surface area contributed by atoms with Crippen molar-refractivity contribution in [1.82, 2.24) is 25.6 Å². The van der Waals surface area contributed by atoms with E-state index >= 15 is 0 Å². The van der Waals surface area contributed by atoms with Crippen LogP contribution >= 0.6 is 0 Å². The molecule has 2 N–H and O–H groups in total. The van der Waals surface area contributed by atoms with Gasteiger partial charge in [-0.15, -0.1) is 0 Å². The van der Waals surface area contributed by atoms with Gasteiger partial charge < -0.3 is 15.4 Å². The second-order valence-electron chi connectivity index (χ2n) is 4.41. The molecular formula is C14H19N5O2. The highest BCUT2D eigenvalue weighted by atomic mass is 16.5. The molecule has 0 aliphatic heterocycles. The van der Waals surface area contributed by atoms with Crippen molar-refractivity contribution in [2.45, 2.75) is 6.54 Å². The van der Waals surface area contributed by atoms with E-state index in [1.165, 1.54) is 0 Å². The van der Waals surface area contributed by atoms with Gasteiger partial charge in [-0.05, 0) is 12.1 Å². The van der Waals surface area contributed by atoms with E-state index in [2.05, 4.69) is 20.8 Å². The zero-order valence-electron chi connectivity index (χ0n) is 12.0. The molecule has 0 fully saturated rings. The van der Waals surface area contributed by atoms with Crippen molar-refractivity contribution < 1.29 is 9.53 Å². The van der Waals surface area contributed by atoms with Gasteiger partial charge in [-0.3, -0.25) is 4.79 Å². The van der Waals surface area contributed by atoms with Crippen molar-refractivity contribution in [1.29, 1.82) is 0 Å². The van der Waals surface area contributed by atoms with Crippen LogP contribution in [0.15, 0.2) is 36.5 Å². The van der Waals surface area contributed by atoms with E-state index in [0.29, 0.717) is 19.7 Å². The number of nitrogens with one attached hydrogen (secondary N) is 2. The first-order chi connectivity index (χ1) is 10.3. The SMILES string of the molecule is COCCNC(=O)CNCc1cnn(-c2ccccc2)n1. The lowest BCUT2D eigenvalue weighted by Gasteiger charge is -2.04. The third kappa shape index (κ3) is 4.97. The van der Waals surface area contributed by atoms with Crippen molar-refractivity contribution in [2.75, 3.05) is 26.8 Å². The Balaban J connectivity index is 1.75. The van der Waals surface area contributed by atoms with Crippen LogP contribution in [0.2, 0.25) is 0 Å². The molecule has 0 saturated carbocycles. The highest BCUT2D eigenvalue weighted by molar-refractivity contribution is 5.77. The van der Waals surface area contributed by atoms with E-state index < -0.39 is 0 Å². The first-order valence-corrected chi connectivity index (χ1v) is 6.72. The summed E-state index contributed by atoms with van der Waals surface area (Å²) < 4.78 is 4.85. The summed E-state index contributed by atoms with van der Waals surface area (Å²) in [4.78, 5) is 13.0. The minimum atomic E-state index is -0.0671. The van der Waals surface area contributed by atoms with Gasteiger partial charge in [-0.25, -0.2) is 0 Å². The van der Waals surface area contributed by atoms with Crippen molar-refractivity contribution in [3.05, 3.63) is 42.2 Å². The van der Waals surface area contributed by atoms with Crippen molar-refractivity contribution >= 4 is 5.91 Å². The number of carbonyl (C=O) groups is 1. The number of amides is 1. The van der Waals surface area contributed by atoms with E-state index in [9.17, 15) is 4.79 Å². The summed E-state index contributed by atoms with van der Waals surface area (Å²) in [6, 6.07) is 9.67. The second-order valence-corrected chi connectivity index (χ2v) is 4.41. The number of carbonyl (C=O) groups excluding carboxylic acids is 1. The topological polar surface area (TPSA) is 81.1 Å². The van der Waals surface area contributed by atoms with Gasteiger partial charge in [-0.1, -0.05) is 18.2 Å². The maximum Gasteiger partial charge on any atom is 0.234 e. The summed E-state index contributed by atoms with van der Waals surface area (Å²) in [7, 11) is 1.60. The molecule has 1 aromatic heterocycles. The Morgan fingerprint density at radius 1 is 1.33 bits per heavy atom. The highest BCUT2D eigenvalue weighted by Crippen LogP contribution is 2.03. The van der Waals surface area contributed by atoms with Crippen LogP contribution < -0.4 is 10.6 Å². The number of hydrogen-bond donors (Lipinski definition) is 2. The number of nitrogens with zero attached hydrogens (tertiary/aromatic N) is 3. The number of aromatic nitrogens is 3. The molecule has 0 aliphatic rings. The van der Waals surface area contributed by atoms with E-state index in [-0.39, 0.29) is 12.5 Å². The van der Waals surface area contributed by atoms with Gasteiger partial charge >= 0.3 is 0 Å². The number of benzene rings is 1. The van der Waals surface area contributed by atoms with Gasteiger partial charge in [-0.2, -0.15) is 15.0 Å². The minimum Gasteiger partial charge on any atom is -0.383 e.